The summed E-state index contributed by atoms with van der Waals surface area (Å²) in [5.74, 6) is 0.532. The Morgan fingerprint density at radius 3 is 2.46 bits per heavy atom. The van der Waals surface area contributed by atoms with Crippen molar-refractivity contribution >= 4 is 16.8 Å². The molecule has 0 radical (unpaired) electrons. The predicted octanol–water partition coefficient (Wildman–Crippen LogP) is 4.64. The minimum absolute atomic E-state index is 0.00747. The largest absolute Gasteiger partial charge is 0.348 e. The summed E-state index contributed by atoms with van der Waals surface area (Å²) in [6.45, 7) is 6.73. The minimum atomic E-state index is 0.00747. The molecule has 0 saturated carbocycles. The first-order valence-corrected chi connectivity index (χ1v) is 8.47. The fraction of sp³-hybridized carbons (Fsp3) is 0.286. The van der Waals surface area contributed by atoms with E-state index < -0.39 is 0 Å². The van der Waals surface area contributed by atoms with Crippen molar-refractivity contribution in [1.82, 2.24) is 9.88 Å². The van der Waals surface area contributed by atoms with Gasteiger partial charge in [0.25, 0.3) is 0 Å². The SMILES string of the molecule is CC(C)c1ccc2c(ccn2CC(=O)NC(C)c2ccccc2)c1. The van der Waals surface area contributed by atoms with E-state index >= 15 is 0 Å². The average Bonchev–Trinajstić information content (AvgIpc) is 2.97. The lowest BCUT2D eigenvalue weighted by molar-refractivity contribution is -0.122. The standard InChI is InChI=1S/C21H24N2O/c1-15(2)18-9-10-20-19(13-18)11-12-23(20)14-21(24)22-16(3)17-7-5-4-6-8-17/h4-13,15-16H,14H2,1-3H3,(H,22,24). The minimum Gasteiger partial charge on any atom is -0.348 e. The zero-order chi connectivity index (χ0) is 17.1. The predicted molar refractivity (Wildman–Crippen MR) is 99.0 cm³/mol. The van der Waals surface area contributed by atoms with Gasteiger partial charge in [-0.2, -0.15) is 0 Å². The van der Waals surface area contributed by atoms with Crippen LogP contribution >= 0.6 is 0 Å². The summed E-state index contributed by atoms with van der Waals surface area (Å²) in [6.07, 6.45) is 1.99. The number of nitrogens with one attached hydrogen (secondary N) is 1. The molecule has 0 aliphatic rings. The molecule has 0 spiro atoms. The number of carbonyl (C=O) groups excluding carboxylic acids is 1. The molecular formula is C21H24N2O. The number of aromatic nitrogens is 1. The molecule has 3 heteroatoms. The van der Waals surface area contributed by atoms with Gasteiger partial charge in [-0.3, -0.25) is 4.79 Å². The van der Waals surface area contributed by atoms with Crippen molar-refractivity contribution in [3.8, 4) is 0 Å². The highest BCUT2D eigenvalue weighted by Gasteiger charge is 2.11. The number of rotatable bonds is 5. The molecule has 3 nitrogen and oxygen atoms in total. The van der Waals surface area contributed by atoms with Crippen LogP contribution in [0.5, 0.6) is 0 Å². The van der Waals surface area contributed by atoms with E-state index in [9.17, 15) is 4.79 Å². The molecule has 1 unspecified atom stereocenters. The summed E-state index contributed by atoms with van der Waals surface area (Å²) >= 11 is 0. The third-order valence-corrected chi connectivity index (χ3v) is 4.45. The van der Waals surface area contributed by atoms with E-state index in [0.717, 1.165) is 11.1 Å². The summed E-state index contributed by atoms with van der Waals surface area (Å²) in [4.78, 5) is 12.4. The second kappa shape index (κ2) is 6.91. The maximum absolute atomic E-state index is 12.4. The second-order valence-corrected chi connectivity index (χ2v) is 6.62. The molecule has 0 saturated heterocycles. The van der Waals surface area contributed by atoms with Gasteiger partial charge >= 0.3 is 0 Å². The van der Waals surface area contributed by atoms with Crippen LogP contribution < -0.4 is 5.32 Å². The maximum Gasteiger partial charge on any atom is 0.240 e. The zero-order valence-corrected chi connectivity index (χ0v) is 14.5. The smallest absolute Gasteiger partial charge is 0.240 e. The number of benzene rings is 2. The van der Waals surface area contributed by atoms with E-state index in [4.69, 9.17) is 0 Å². The van der Waals surface area contributed by atoms with Gasteiger partial charge in [0.2, 0.25) is 5.91 Å². The van der Waals surface area contributed by atoms with Gasteiger partial charge in [-0.15, -0.1) is 0 Å². The van der Waals surface area contributed by atoms with Gasteiger partial charge < -0.3 is 9.88 Å². The summed E-state index contributed by atoms with van der Waals surface area (Å²) in [7, 11) is 0. The lowest BCUT2D eigenvalue weighted by Crippen LogP contribution is -2.29. The normalized spacial score (nSPS) is 12.5. The van der Waals surface area contributed by atoms with E-state index in [2.05, 4.69) is 43.4 Å². The highest BCUT2D eigenvalue weighted by atomic mass is 16.2. The molecule has 3 rings (SSSR count). The van der Waals surface area contributed by atoms with Crippen molar-refractivity contribution in [1.29, 1.82) is 0 Å². The Bertz CT molecular complexity index is 833. The van der Waals surface area contributed by atoms with Crippen LogP contribution in [0, 0.1) is 0 Å². The molecular weight excluding hydrogens is 296 g/mol. The fourth-order valence-corrected chi connectivity index (χ4v) is 2.98. The Hall–Kier alpha value is -2.55. The van der Waals surface area contributed by atoms with Crippen molar-refractivity contribution < 1.29 is 4.79 Å². The first-order valence-electron chi connectivity index (χ1n) is 8.47. The molecule has 3 aromatic rings. The highest BCUT2D eigenvalue weighted by molar-refractivity contribution is 5.84. The zero-order valence-electron chi connectivity index (χ0n) is 14.5. The number of carbonyl (C=O) groups is 1. The summed E-state index contributed by atoms with van der Waals surface area (Å²) in [5, 5.41) is 4.25. The Labute approximate surface area is 143 Å². The number of hydrogen-bond acceptors (Lipinski definition) is 1. The topological polar surface area (TPSA) is 34.0 Å². The highest BCUT2D eigenvalue weighted by Crippen LogP contribution is 2.22. The number of fused-ring (bicyclic) bond motifs is 1. The van der Waals surface area contributed by atoms with Crippen LogP contribution in [0.15, 0.2) is 60.8 Å². The van der Waals surface area contributed by atoms with Crippen molar-refractivity contribution in [2.24, 2.45) is 0 Å². The van der Waals surface area contributed by atoms with Crippen molar-refractivity contribution in [3.05, 3.63) is 71.9 Å². The Morgan fingerprint density at radius 2 is 1.75 bits per heavy atom. The van der Waals surface area contributed by atoms with Gasteiger partial charge in [0.1, 0.15) is 6.54 Å². The fourth-order valence-electron chi connectivity index (χ4n) is 2.98. The Morgan fingerprint density at radius 1 is 1.00 bits per heavy atom. The monoisotopic (exact) mass is 320 g/mol. The third-order valence-electron chi connectivity index (χ3n) is 4.45. The number of amides is 1. The first kappa shape index (κ1) is 16.3. The summed E-state index contributed by atoms with van der Waals surface area (Å²) in [6, 6.07) is 18.6. The van der Waals surface area contributed by atoms with Crippen LogP contribution in [0.2, 0.25) is 0 Å². The van der Waals surface area contributed by atoms with Crippen molar-refractivity contribution in [2.75, 3.05) is 0 Å². The number of hydrogen-bond donors (Lipinski definition) is 1. The van der Waals surface area contributed by atoms with Crippen LogP contribution in [0.1, 0.15) is 43.9 Å². The van der Waals surface area contributed by atoms with Crippen LogP contribution in [-0.4, -0.2) is 10.5 Å². The Balaban J connectivity index is 1.71. The maximum atomic E-state index is 12.4. The molecule has 0 bridgehead atoms. The van der Waals surface area contributed by atoms with Crippen LogP contribution in [0.25, 0.3) is 10.9 Å². The number of nitrogens with zero attached hydrogens (tertiary/aromatic N) is 1. The second-order valence-electron chi connectivity index (χ2n) is 6.62. The summed E-state index contributed by atoms with van der Waals surface area (Å²) in [5.41, 5.74) is 3.54. The van der Waals surface area contributed by atoms with E-state index in [0.29, 0.717) is 12.5 Å². The first-order chi connectivity index (χ1) is 11.5. The third kappa shape index (κ3) is 3.51. The summed E-state index contributed by atoms with van der Waals surface area (Å²) < 4.78 is 2.01. The van der Waals surface area contributed by atoms with Crippen molar-refractivity contribution in [2.45, 2.75) is 39.3 Å². The lowest BCUT2D eigenvalue weighted by Gasteiger charge is -2.15. The molecule has 0 aliphatic heterocycles. The molecule has 1 amide bonds. The van der Waals surface area contributed by atoms with E-state index in [-0.39, 0.29) is 11.9 Å². The molecule has 1 atom stereocenters. The van der Waals surface area contributed by atoms with Gasteiger partial charge in [0.05, 0.1) is 6.04 Å². The molecule has 1 aromatic heterocycles. The molecule has 0 aliphatic carbocycles. The molecule has 1 N–H and O–H groups in total. The van der Waals surface area contributed by atoms with E-state index in [1.165, 1.54) is 10.9 Å². The molecule has 124 valence electrons. The van der Waals surface area contributed by atoms with E-state index in [1.54, 1.807) is 0 Å². The molecule has 1 heterocycles. The van der Waals surface area contributed by atoms with Crippen LogP contribution in [-0.2, 0) is 11.3 Å². The molecule has 2 aromatic carbocycles. The molecule has 24 heavy (non-hydrogen) atoms. The quantitative estimate of drug-likeness (QED) is 0.730. The van der Waals surface area contributed by atoms with Gasteiger partial charge in [0, 0.05) is 11.7 Å². The van der Waals surface area contributed by atoms with Gasteiger partial charge in [-0.05, 0) is 47.6 Å². The van der Waals surface area contributed by atoms with Crippen molar-refractivity contribution in [3.63, 3.8) is 0 Å². The average molecular weight is 320 g/mol. The Kier molecular flexibility index (Phi) is 4.70. The van der Waals surface area contributed by atoms with Gasteiger partial charge in [-0.1, -0.05) is 50.2 Å². The van der Waals surface area contributed by atoms with Crippen LogP contribution in [0.3, 0.4) is 0 Å². The van der Waals surface area contributed by atoms with Gasteiger partial charge in [-0.25, -0.2) is 0 Å². The lowest BCUT2D eigenvalue weighted by atomic mass is 10.0. The van der Waals surface area contributed by atoms with Crippen LogP contribution in [0.4, 0.5) is 0 Å². The van der Waals surface area contributed by atoms with Gasteiger partial charge in [0.15, 0.2) is 0 Å². The molecule has 0 fully saturated rings. The van der Waals surface area contributed by atoms with E-state index in [1.807, 2.05) is 48.0 Å².